The quantitative estimate of drug-likeness (QED) is 0.375. The Morgan fingerprint density at radius 1 is 1.32 bits per heavy atom. The van der Waals surface area contributed by atoms with Gasteiger partial charge in [-0.05, 0) is 52.4 Å². The molecule has 0 bridgehead atoms. The summed E-state index contributed by atoms with van der Waals surface area (Å²) in [6.45, 7) is 0.273. The predicted molar refractivity (Wildman–Crippen MR) is 109 cm³/mol. The zero-order valence-corrected chi connectivity index (χ0v) is 17.0. The summed E-state index contributed by atoms with van der Waals surface area (Å²) in [4.78, 5) is 0. The minimum atomic E-state index is 0.0825. The monoisotopic (exact) mass is 461 g/mol. The summed E-state index contributed by atoms with van der Waals surface area (Å²) in [7, 11) is 1.56. The number of halogens is 3. The van der Waals surface area contributed by atoms with Gasteiger partial charge in [0.05, 0.1) is 13.3 Å². The first-order valence-corrected chi connectivity index (χ1v) is 8.89. The lowest BCUT2D eigenvalue weighted by Crippen LogP contribution is -2.24. The summed E-state index contributed by atoms with van der Waals surface area (Å²) in [5.41, 5.74) is 9.39. The molecule has 2 rings (SSSR count). The van der Waals surface area contributed by atoms with E-state index >= 15 is 0 Å². The molecule has 0 aliphatic heterocycles. The third kappa shape index (κ3) is 5.74. The highest BCUT2D eigenvalue weighted by atomic mass is 79.9. The van der Waals surface area contributed by atoms with Crippen LogP contribution in [0.4, 0.5) is 0 Å². The summed E-state index contributed by atoms with van der Waals surface area (Å²) in [5.74, 6) is 1.10. The van der Waals surface area contributed by atoms with E-state index < -0.39 is 0 Å². The van der Waals surface area contributed by atoms with Crippen molar-refractivity contribution in [3.8, 4) is 11.5 Å². The second-order valence-electron chi connectivity index (χ2n) is 4.78. The van der Waals surface area contributed by atoms with Gasteiger partial charge in [0.15, 0.2) is 16.6 Å². The highest BCUT2D eigenvalue weighted by molar-refractivity contribution is 9.10. The lowest BCUT2D eigenvalue weighted by Gasteiger charge is -2.13. The fourth-order valence-corrected chi connectivity index (χ4v) is 2.82. The van der Waals surface area contributed by atoms with Gasteiger partial charge in [0.1, 0.15) is 6.61 Å². The average Bonchev–Trinajstić information content (AvgIpc) is 2.55. The van der Waals surface area contributed by atoms with Crippen LogP contribution < -0.4 is 20.6 Å². The summed E-state index contributed by atoms with van der Waals surface area (Å²) in [6, 6.07) is 8.80. The molecule has 0 aliphatic rings. The van der Waals surface area contributed by atoms with Crippen molar-refractivity contribution in [1.29, 1.82) is 0 Å². The number of ether oxygens (including phenoxy) is 2. The van der Waals surface area contributed by atoms with Gasteiger partial charge in [-0.25, -0.2) is 0 Å². The number of nitrogens with two attached hydrogens (primary N) is 1. The zero-order valence-electron chi connectivity index (χ0n) is 13.1. The minimum absolute atomic E-state index is 0.0825. The van der Waals surface area contributed by atoms with Gasteiger partial charge in [0.25, 0.3) is 0 Å². The van der Waals surface area contributed by atoms with Gasteiger partial charge in [-0.3, -0.25) is 5.43 Å². The van der Waals surface area contributed by atoms with E-state index in [2.05, 4.69) is 26.5 Å². The first-order chi connectivity index (χ1) is 11.9. The topological polar surface area (TPSA) is 68.9 Å². The van der Waals surface area contributed by atoms with Crippen molar-refractivity contribution in [1.82, 2.24) is 5.43 Å². The van der Waals surface area contributed by atoms with E-state index in [0.717, 1.165) is 15.6 Å². The molecule has 0 atom stereocenters. The molecule has 0 amide bonds. The van der Waals surface area contributed by atoms with Crippen molar-refractivity contribution in [2.45, 2.75) is 6.61 Å². The average molecular weight is 463 g/mol. The molecule has 0 unspecified atom stereocenters. The molecule has 5 nitrogen and oxygen atoms in total. The molecule has 3 N–H and O–H groups in total. The van der Waals surface area contributed by atoms with E-state index in [0.29, 0.717) is 21.5 Å². The van der Waals surface area contributed by atoms with Crippen molar-refractivity contribution in [2.75, 3.05) is 7.11 Å². The van der Waals surface area contributed by atoms with E-state index in [1.54, 1.807) is 37.6 Å². The molecule has 2 aromatic rings. The van der Waals surface area contributed by atoms with Crippen LogP contribution in [0.2, 0.25) is 10.0 Å². The molecular formula is C16H14BrCl2N3O2S. The van der Waals surface area contributed by atoms with Crippen molar-refractivity contribution in [3.63, 3.8) is 0 Å². The summed E-state index contributed by atoms with van der Waals surface area (Å²) >= 11 is 20.2. The van der Waals surface area contributed by atoms with Crippen LogP contribution in [0.5, 0.6) is 11.5 Å². The first-order valence-electron chi connectivity index (χ1n) is 6.93. The largest absolute Gasteiger partial charge is 0.493 e. The maximum atomic E-state index is 6.16. The Bertz CT molecular complexity index is 818. The lowest BCUT2D eigenvalue weighted by atomic mass is 10.2. The third-order valence-electron chi connectivity index (χ3n) is 3.06. The fourth-order valence-electron chi connectivity index (χ4n) is 1.88. The van der Waals surface area contributed by atoms with Crippen molar-refractivity contribution >= 4 is 62.7 Å². The number of rotatable bonds is 6. The molecule has 132 valence electrons. The standard InChI is InChI=1S/C16H14BrCl2N3O2S/c1-23-14-4-10(7-21-22-16(20)25)12(17)6-15(14)24-8-9-2-3-11(18)5-13(9)19/h2-7H,8H2,1H3,(H3,20,22,25). The smallest absolute Gasteiger partial charge is 0.184 e. The number of nitrogens with one attached hydrogen (secondary N) is 1. The van der Waals surface area contributed by atoms with E-state index in [-0.39, 0.29) is 11.7 Å². The maximum Gasteiger partial charge on any atom is 0.184 e. The van der Waals surface area contributed by atoms with E-state index in [4.69, 9.17) is 50.6 Å². The van der Waals surface area contributed by atoms with Gasteiger partial charge in [-0.1, -0.05) is 29.3 Å². The van der Waals surface area contributed by atoms with E-state index in [1.165, 1.54) is 0 Å². The number of hydrazone groups is 1. The number of methoxy groups -OCH3 is 1. The molecule has 0 saturated carbocycles. The lowest BCUT2D eigenvalue weighted by molar-refractivity contribution is 0.284. The Kier molecular flexibility index (Phi) is 7.31. The predicted octanol–water partition coefficient (Wildman–Crippen LogP) is 4.51. The van der Waals surface area contributed by atoms with Crippen LogP contribution in [0.25, 0.3) is 0 Å². The molecule has 0 spiro atoms. The van der Waals surface area contributed by atoms with Crippen molar-refractivity contribution in [3.05, 3.63) is 56.0 Å². The molecule has 0 heterocycles. The minimum Gasteiger partial charge on any atom is -0.493 e. The molecule has 2 aromatic carbocycles. The SMILES string of the molecule is COc1cc(C=NNC(N)=S)c(Br)cc1OCc1ccc(Cl)cc1Cl. The molecule has 25 heavy (non-hydrogen) atoms. The summed E-state index contributed by atoms with van der Waals surface area (Å²) in [5, 5.41) is 5.12. The molecule has 0 radical (unpaired) electrons. The van der Waals surface area contributed by atoms with Gasteiger partial charge in [-0.15, -0.1) is 0 Å². The molecule has 0 fully saturated rings. The normalized spacial score (nSPS) is 10.7. The van der Waals surface area contributed by atoms with Crippen LogP contribution in [0.15, 0.2) is 39.9 Å². The van der Waals surface area contributed by atoms with Crippen LogP contribution in [-0.2, 0) is 6.61 Å². The van der Waals surface area contributed by atoms with Crippen LogP contribution >= 0.6 is 51.3 Å². The number of hydrogen-bond donors (Lipinski definition) is 2. The zero-order chi connectivity index (χ0) is 18.4. The highest BCUT2D eigenvalue weighted by Crippen LogP contribution is 2.34. The molecule has 0 aliphatic carbocycles. The Hall–Kier alpha value is -1.54. The summed E-state index contributed by atoms with van der Waals surface area (Å²) in [6.07, 6.45) is 1.56. The fraction of sp³-hybridized carbons (Fsp3) is 0.125. The van der Waals surface area contributed by atoms with E-state index in [9.17, 15) is 0 Å². The number of hydrogen-bond acceptors (Lipinski definition) is 4. The Labute approximate surface area is 169 Å². The molecular weight excluding hydrogens is 449 g/mol. The van der Waals surface area contributed by atoms with Crippen LogP contribution in [0.1, 0.15) is 11.1 Å². The Morgan fingerprint density at radius 2 is 2.08 bits per heavy atom. The Morgan fingerprint density at radius 3 is 2.72 bits per heavy atom. The van der Waals surface area contributed by atoms with Gasteiger partial charge in [0, 0.05) is 25.6 Å². The second-order valence-corrected chi connectivity index (χ2v) is 6.92. The second kappa shape index (κ2) is 9.24. The van der Waals surface area contributed by atoms with Crippen molar-refractivity contribution < 1.29 is 9.47 Å². The maximum absolute atomic E-state index is 6.16. The van der Waals surface area contributed by atoms with Crippen molar-refractivity contribution in [2.24, 2.45) is 10.8 Å². The number of benzene rings is 2. The van der Waals surface area contributed by atoms with Crippen LogP contribution in [0, 0.1) is 0 Å². The van der Waals surface area contributed by atoms with E-state index in [1.807, 2.05) is 6.07 Å². The van der Waals surface area contributed by atoms with Gasteiger partial charge >= 0.3 is 0 Å². The van der Waals surface area contributed by atoms with Gasteiger partial charge in [0.2, 0.25) is 0 Å². The van der Waals surface area contributed by atoms with Crippen LogP contribution in [-0.4, -0.2) is 18.4 Å². The molecule has 0 saturated heterocycles. The summed E-state index contributed by atoms with van der Waals surface area (Å²) < 4.78 is 12.0. The molecule has 9 heteroatoms. The van der Waals surface area contributed by atoms with Gasteiger partial charge < -0.3 is 15.2 Å². The third-order valence-corrected chi connectivity index (χ3v) is 4.42. The first kappa shape index (κ1) is 19.8. The molecule has 0 aromatic heterocycles. The number of thiocarbonyl (C=S) groups is 1. The van der Waals surface area contributed by atoms with Crippen LogP contribution in [0.3, 0.4) is 0 Å². The Balaban J connectivity index is 2.19. The highest BCUT2D eigenvalue weighted by Gasteiger charge is 2.11. The van der Waals surface area contributed by atoms with Gasteiger partial charge in [-0.2, -0.15) is 5.10 Å². The number of nitrogens with zero attached hydrogens (tertiary/aromatic N) is 1.